The minimum atomic E-state index is -1.54. The molecule has 4 aliphatic heterocycles. The number of carboxylic acids is 1. The second-order valence-corrected chi connectivity index (χ2v) is 31.8. The van der Waals surface area contributed by atoms with Gasteiger partial charge in [-0.05, 0) is 227 Å². The molecule has 12 heterocycles. The van der Waals surface area contributed by atoms with Crippen LogP contribution in [0.25, 0.3) is 44.4 Å². The molecule has 33 heteroatoms. The number of hydrogen-bond acceptors (Lipinski definition) is 25. The maximum Gasteiger partial charge on any atom is 0.394 e. The fourth-order valence-electron chi connectivity index (χ4n) is 15.3. The molecule has 4 fully saturated rings. The minimum absolute atomic E-state index is 0.188. The third kappa shape index (κ3) is 21.6. The number of nitrogens with one attached hydrogen (secondary N) is 5. The zero-order valence-electron chi connectivity index (χ0n) is 69.7. The molecular formula is C88H102N20O13. The van der Waals surface area contributed by atoms with Crippen molar-refractivity contribution < 1.29 is 61.1 Å². The topological polar surface area (TPSA) is 486 Å². The van der Waals surface area contributed by atoms with Gasteiger partial charge in [0.1, 0.15) is 45.3 Å². The van der Waals surface area contributed by atoms with Crippen molar-refractivity contribution in [2.45, 2.75) is 159 Å². The van der Waals surface area contributed by atoms with E-state index in [1.807, 2.05) is 67.6 Å². The summed E-state index contributed by atoms with van der Waals surface area (Å²) in [4.78, 5) is 137. The average Bonchev–Trinajstić information content (AvgIpc) is 1.80. The van der Waals surface area contributed by atoms with Crippen LogP contribution in [0, 0.1) is 79.1 Å². The highest BCUT2D eigenvalue weighted by Crippen LogP contribution is 2.39. The number of fused-ring (bicyclic) bond motifs is 4. The van der Waals surface area contributed by atoms with E-state index in [0.29, 0.717) is 129 Å². The second-order valence-electron chi connectivity index (χ2n) is 31.8. The quantitative estimate of drug-likeness (QED) is 0.0632. The molecule has 4 aliphatic rings. The zero-order chi connectivity index (χ0) is 86.8. The Morgan fingerprint density at radius 1 is 0.364 bits per heavy atom. The van der Waals surface area contributed by atoms with Crippen LogP contribution in [-0.2, 0) is 38.4 Å². The Kier molecular flexibility index (Phi) is 27.1. The van der Waals surface area contributed by atoms with Crippen LogP contribution in [0.15, 0.2) is 140 Å². The van der Waals surface area contributed by atoms with Gasteiger partial charge in [-0.1, -0.05) is 52.0 Å². The van der Waals surface area contributed by atoms with Gasteiger partial charge >= 0.3 is 47.3 Å². The number of oxazole rings is 4. The first-order valence-corrected chi connectivity index (χ1v) is 40.2. The van der Waals surface area contributed by atoms with Crippen molar-refractivity contribution >= 4 is 138 Å². The summed E-state index contributed by atoms with van der Waals surface area (Å²) in [5, 5.41) is 22.0. The van der Waals surface area contributed by atoms with Gasteiger partial charge in [0.05, 0.1) is 65.7 Å². The number of nitrogen functional groups attached to an aromatic ring is 4. The molecule has 8 atom stereocenters. The molecule has 4 saturated heterocycles. The van der Waals surface area contributed by atoms with E-state index in [1.54, 1.807) is 87.4 Å². The maximum absolute atomic E-state index is 13.1. The number of hydrogen-bond donors (Lipinski definition) is 10. The fraction of sp³-hybridized carbons (Fsp3) is 0.364. The summed E-state index contributed by atoms with van der Waals surface area (Å²) < 4.78 is 22.2. The molecule has 2 unspecified atom stereocenters. The molecule has 4 aromatic carbocycles. The van der Waals surface area contributed by atoms with E-state index in [9.17, 15) is 38.4 Å². The SMILES string of the molecule is Cc1cc(NC(=O)C(=O)O)cnc1N.Cc1nc2cc(C3CC[C@H](C)CN3)ccc2o1.Cc1nc2cc(C3CC[C@H](C)CN3C(=O)C(=O)Nc3cnc(N)c(C)c3)ccc2o1.Cc1nc2cc([C@@H]3CC[C@H](C)CN3C(=O)C(=O)Nc3cnc(N)c(C)c3)ccc2o1.Cc1nc2cc([C@H]3CC[C@H](C)CN3C(=O)C(=O)Nc3cnc(N)c(C)c3)ccc2o1. The number of aryl methyl sites for hydroxylation is 8. The standard InChI is InChI=1S/3C22H25N5O3.C14H18N2O.C8H9N3O3/c3*1-12-4-6-18(15-5-7-19-17(9-15)25-14(3)30-19)27(11-12)22(29)21(28)26-16-8-13(2)20(23)24-10-16;1-9-3-5-12(15-8-9)11-4-6-14-13(7-11)16-10(2)17-14;1-4-2-5(3-10-6(4)9)11-7(12)8(13)14/h3*5,7-10,12,18H,4,6,11H2,1-3H3,(H2,23,24)(H,26,28);4,6-7,9,12,15H,3,5,8H2,1-2H3;2-3H,1H3,(H2,9,10)(H,11,12)(H,13,14)/t12-,18?;12-,18+;12-,18-;9-,12?;/m0000./s1. The molecule has 8 aromatic heterocycles. The van der Waals surface area contributed by atoms with Crippen molar-refractivity contribution in [1.82, 2.24) is 59.9 Å². The Morgan fingerprint density at radius 3 is 0.893 bits per heavy atom. The normalized spacial score (nSPS) is 18.9. The van der Waals surface area contributed by atoms with Gasteiger partial charge in [-0.15, -0.1) is 0 Å². The summed E-state index contributed by atoms with van der Waals surface area (Å²) >= 11 is 0. The lowest BCUT2D eigenvalue weighted by molar-refractivity contribution is -0.147. The lowest BCUT2D eigenvalue weighted by Crippen LogP contribution is -2.46. The number of benzene rings is 4. The van der Waals surface area contributed by atoms with Crippen molar-refractivity contribution in [3.63, 3.8) is 0 Å². The summed E-state index contributed by atoms with van der Waals surface area (Å²) in [6.45, 7) is 25.6. The number of amides is 7. The van der Waals surface area contributed by atoms with Crippen LogP contribution in [0.1, 0.15) is 171 Å². The summed E-state index contributed by atoms with van der Waals surface area (Å²) in [5.74, 6) is -0.571. The molecule has 0 bridgehead atoms. The molecule has 121 heavy (non-hydrogen) atoms. The van der Waals surface area contributed by atoms with Crippen molar-refractivity contribution in [3.05, 3.63) is 190 Å². The number of likely N-dealkylation sites (tertiary alicyclic amines) is 3. The number of aliphatic carboxylic acids is 1. The summed E-state index contributed by atoms with van der Waals surface area (Å²) in [7, 11) is 0. The Labute approximate surface area is 698 Å². The maximum atomic E-state index is 13.1. The molecular weight excluding hydrogens is 1550 g/mol. The monoisotopic (exact) mass is 1650 g/mol. The van der Waals surface area contributed by atoms with E-state index in [0.717, 1.165) is 118 Å². The Balaban J connectivity index is 0.000000142. The van der Waals surface area contributed by atoms with Gasteiger partial charge in [0, 0.05) is 53.4 Å². The summed E-state index contributed by atoms with van der Waals surface area (Å²) in [6, 6.07) is 30.2. The molecule has 0 aliphatic carbocycles. The van der Waals surface area contributed by atoms with Crippen molar-refractivity contribution in [2.24, 2.45) is 23.7 Å². The first-order chi connectivity index (χ1) is 57.7. The number of carbonyl (C=O) groups is 8. The number of carbonyl (C=O) groups excluding carboxylic acids is 7. The smallest absolute Gasteiger partial charge is 0.394 e. The average molecular weight is 1650 g/mol. The summed E-state index contributed by atoms with van der Waals surface area (Å²) in [5.41, 5.74) is 37.6. The lowest BCUT2D eigenvalue weighted by Gasteiger charge is -2.38. The number of piperidine rings is 4. The predicted molar refractivity (Wildman–Crippen MR) is 458 cm³/mol. The van der Waals surface area contributed by atoms with Crippen molar-refractivity contribution in [3.8, 4) is 0 Å². The first-order valence-electron chi connectivity index (χ1n) is 40.2. The number of nitrogens with two attached hydrogens (primary N) is 4. The lowest BCUT2D eigenvalue weighted by atomic mass is 9.89. The van der Waals surface area contributed by atoms with Gasteiger partial charge in [0.25, 0.3) is 0 Å². The third-order valence-electron chi connectivity index (χ3n) is 21.8. The zero-order valence-corrected chi connectivity index (χ0v) is 69.7. The number of aromatic nitrogens is 8. The molecule has 0 spiro atoms. The molecule has 16 rings (SSSR count). The molecule has 12 aromatic rings. The van der Waals surface area contributed by atoms with Gasteiger partial charge in [0.2, 0.25) is 0 Å². The van der Waals surface area contributed by atoms with Gasteiger partial charge in [-0.2, -0.15) is 0 Å². The van der Waals surface area contributed by atoms with E-state index in [1.165, 1.54) is 43.2 Å². The van der Waals surface area contributed by atoms with E-state index >= 15 is 0 Å². The summed E-state index contributed by atoms with van der Waals surface area (Å²) in [6.07, 6.45) is 13.4. The Morgan fingerprint density at radius 2 is 0.628 bits per heavy atom. The van der Waals surface area contributed by atoms with E-state index in [2.05, 4.69) is 106 Å². The van der Waals surface area contributed by atoms with Crippen LogP contribution in [0.5, 0.6) is 0 Å². The molecule has 0 saturated carbocycles. The number of anilines is 8. The Hall–Kier alpha value is -13.7. The Bertz CT molecular complexity index is 5450. The molecule has 632 valence electrons. The van der Waals surface area contributed by atoms with Crippen molar-refractivity contribution in [1.29, 1.82) is 0 Å². The molecule has 14 N–H and O–H groups in total. The molecule has 7 amide bonds. The number of pyridine rings is 4. The van der Waals surface area contributed by atoms with Crippen molar-refractivity contribution in [2.75, 3.05) is 70.4 Å². The van der Waals surface area contributed by atoms with Crippen LogP contribution in [0.3, 0.4) is 0 Å². The van der Waals surface area contributed by atoms with E-state index in [4.69, 9.17) is 45.7 Å². The molecule has 0 radical (unpaired) electrons. The van der Waals surface area contributed by atoms with E-state index < -0.39 is 47.3 Å². The first kappa shape index (κ1) is 86.6. The predicted octanol–water partition coefficient (Wildman–Crippen LogP) is 13.3. The number of rotatable bonds is 8. The fourth-order valence-corrected chi connectivity index (χ4v) is 15.3. The highest BCUT2D eigenvalue weighted by Gasteiger charge is 2.38. The van der Waals surface area contributed by atoms with Gasteiger partial charge < -0.3 is 87.0 Å². The second kappa shape index (κ2) is 37.9. The third-order valence-corrected chi connectivity index (χ3v) is 21.8. The van der Waals surface area contributed by atoms with Gasteiger partial charge in [-0.25, -0.2) is 44.7 Å². The van der Waals surface area contributed by atoms with Gasteiger partial charge in [0.15, 0.2) is 45.9 Å². The van der Waals surface area contributed by atoms with Gasteiger partial charge in [-0.3, -0.25) is 33.6 Å². The number of nitrogens with zero attached hydrogens (tertiary/aromatic N) is 11. The highest BCUT2D eigenvalue weighted by molar-refractivity contribution is 6.41. The van der Waals surface area contributed by atoms with Crippen LogP contribution in [-0.4, -0.2) is 133 Å². The van der Waals surface area contributed by atoms with Crippen LogP contribution in [0.2, 0.25) is 0 Å². The highest BCUT2D eigenvalue weighted by atomic mass is 16.4. The number of carboxylic acid groups (broad SMARTS) is 1. The van der Waals surface area contributed by atoms with E-state index in [-0.39, 0.29) is 18.1 Å². The molecule has 33 nitrogen and oxygen atoms in total. The minimum Gasteiger partial charge on any atom is -0.474 e. The van der Waals surface area contributed by atoms with Crippen LogP contribution >= 0.6 is 0 Å². The van der Waals surface area contributed by atoms with Crippen LogP contribution < -0.4 is 49.5 Å². The largest absolute Gasteiger partial charge is 0.474 e. The van der Waals surface area contributed by atoms with Crippen LogP contribution in [0.4, 0.5) is 46.0 Å².